The quantitative estimate of drug-likeness (QED) is 0.596. The van der Waals surface area contributed by atoms with E-state index in [4.69, 9.17) is 0 Å². The summed E-state index contributed by atoms with van der Waals surface area (Å²) in [6.07, 6.45) is 4.94. The summed E-state index contributed by atoms with van der Waals surface area (Å²) in [5.41, 5.74) is 3.70. The van der Waals surface area contributed by atoms with E-state index in [1.54, 1.807) is 16.3 Å². The van der Waals surface area contributed by atoms with Gasteiger partial charge in [-0.25, -0.2) is 0 Å². The first-order valence-corrected chi connectivity index (χ1v) is 6.76. The van der Waals surface area contributed by atoms with Crippen LogP contribution in [0.2, 0.25) is 13.6 Å². The second kappa shape index (κ2) is 4.85. The van der Waals surface area contributed by atoms with Crippen LogP contribution < -0.4 is 0 Å². The van der Waals surface area contributed by atoms with Crippen LogP contribution in [0.1, 0.15) is 47.5 Å². The average molecular weight is 216 g/mol. The first kappa shape index (κ1) is 13.7. The second-order valence-electron chi connectivity index (χ2n) is 6.21. The molecular weight excluding hydrogens is 190 g/mol. The van der Waals surface area contributed by atoms with Crippen molar-refractivity contribution in [3.8, 4) is 0 Å². The molecule has 2 heteroatoms. The van der Waals surface area contributed by atoms with Gasteiger partial charge >= 0.3 is 0 Å². The molecule has 0 fully saturated rings. The van der Waals surface area contributed by atoms with E-state index in [1.165, 1.54) is 12.8 Å². The zero-order chi connectivity index (χ0) is 12.5. The van der Waals surface area contributed by atoms with E-state index in [0.717, 1.165) is 0 Å². The monoisotopic (exact) mass is 216 g/mol. The topological polar surface area (TPSA) is 0 Å². The molecule has 0 nitrogen and oxygen atoms in total. The van der Waals surface area contributed by atoms with Crippen molar-refractivity contribution in [3.63, 3.8) is 0 Å². The van der Waals surface area contributed by atoms with Gasteiger partial charge in [0.15, 0.2) is 13.4 Å². The highest BCUT2D eigenvalue weighted by Crippen LogP contribution is 2.35. The molecule has 1 heterocycles. The van der Waals surface area contributed by atoms with Gasteiger partial charge in [-0.15, -0.1) is 16.3 Å². The van der Waals surface area contributed by atoms with Crippen LogP contribution in [0.3, 0.4) is 0 Å². The molecule has 0 amide bonds. The number of hydrogen-bond donors (Lipinski definition) is 0. The second-order valence-corrected chi connectivity index (χ2v) is 6.21. The summed E-state index contributed by atoms with van der Waals surface area (Å²) in [6, 6.07) is 0. The molecule has 1 aliphatic rings. The third-order valence-corrected chi connectivity index (χ3v) is 3.82. The third-order valence-electron chi connectivity index (χ3n) is 3.82. The van der Waals surface area contributed by atoms with Crippen molar-refractivity contribution in [1.82, 2.24) is 0 Å². The Morgan fingerprint density at radius 3 is 1.56 bits per heavy atom. The first-order chi connectivity index (χ1) is 7.31. The van der Waals surface area contributed by atoms with Crippen LogP contribution >= 0.6 is 0 Å². The molecule has 0 spiro atoms. The molecule has 0 aromatic carbocycles. The standard InChI is InChI=1S/C14H26B2/c1-8-11-12(9-2)16(7)13(15(11)6)10-14(3,4)5/h10H,8-9H2,1-7H3. The molecule has 0 atom stereocenters. The summed E-state index contributed by atoms with van der Waals surface area (Å²) in [6.45, 7) is 17.6. The molecule has 0 bridgehead atoms. The minimum Gasteiger partial charge on any atom is -0.126 e. The Kier molecular flexibility index (Phi) is 4.15. The van der Waals surface area contributed by atoms with E-state index in [2.05, 4.69) is 54.3 Å². The lowest BCUT2D eigenvalue weighted by atomic mass is 9.30. The maximum atomic E-state index is 2.50. The smallest absolute Gasteiger partial charge is 0.126 e. The van der Waals surface area contributed by atoms with Crippen molar-refractivity contribution in [3.05, 3.63) is 22.4 Å². The highest BCUT2D eigenvalue weighted by Gasteiger charge is 2.35. The highest BCUT2D eigenvalue weighted by atomic mass is 14.1. The summed E-state index contributed by atoms with van der Waals surface area (Å²) in [7, 11) is 0. The number of hydrogen-bond acceptors (Lipinski definition) is 0. The molecule has 1 aliphatic heterocycles. The van der Waals surface area contributed by atoms with Gasteiger partial charge in [-0.2, -0.15) is 0 Å². The molecule has 0 unspecified atom stereocenters. The minimum atomic E-state index is 0.305. The Morgan fingerprint density at radius 2 is 1.31 bits per heavy atom. The Hall–Kier alpha value is -0.390. The summed E-state index contributed by atoms with van der Waals surface area (Å²) >= 11 is 0. The first-order valence-electron chi connectivity index (χ1n) is 6.76. The highest BCUT2D eigenvalue weighted by molar-refractivity contribution is 6.99. The molecular formula is C14H26B2. The van der Waals surface area contributed by atoms with Crippen LogP contribution in [0.25, 0.3) is 0 Å². The molecule has 16 heavy (non-hydrogen) atoms. The zero-order valence-electron chi connectivity index (χ0n) is 12.1. The minimum absolute atomic E-state index is 0.305. The normalized spacial score (nSPS) is 17.6. The van der Waals surface area contributed by atoms with E-state index in [1.807, 2.05) is 0 Å². The van der Waals surface area contributed by atoms with Crippen molar-refractivity contribution >= 4 is 13.4 Å². The Morgan fingerprint density at radius 1 is 0.938 bits per heavy atom. The van der Waals surface area contributed by atoms with Crippen molar-refractivity contribution < 1.29 is 0 Å². The maximum Gasteiger partial charge on any atom is 0.186 e. The fourth-order valence-corrected chi connectivity index (χ4v) is 3.15. The van der Waals surface area contributed by atoms with E-state index >= 15 is 0 Å². The molecule has 88 valence electrons. The van der Waals surface area contributed by atoms with Gasteiger partial charge in [0.05, 0.1) is 0 Å². The maximum absolute atomic E-state index is 2.50. The molecule has 0 N–H and O–H groups in total. The van der Waals surface area contributed by atoms with E-state index < -0.39 is 0 Å². The average Bonchev–Trinajstić information content (AvgIpc) is 2.39. The SMILES string of the molecule is CCC1=C(CC)B(C)C(=CC(C)(C)C)B1C. The Balaban J connectivity index is 3.10. The van der Waals surface area contributed by atoms with Gasteiger partial charge < -0.3 is 0 Å². The Labute approximate surface area is 103 Å². The van der Waals surface area contributed by atoms with Gasteiger partial charge in [0.2, 0.25) is 0 Å². The largest absolute Gasteiger partial charge is 0.186 e. The molecule has 0 aromatic rings. The lowest BCUT2D eigenvalue weighted by Gasteiger charge is -2.18. The fraction of sp³-hybridized carbons (Fsp3) is 0.714. The van der Waals surface area contributed by atoms with Crippen LogP contribution in [0.5, 0.6) is 0 Å². The predicted octanol–water partition coefficient (Wildman–Crippen LogP) is 4.50. The molecule has 0 aromatic heterocycles. The van der Waals surface area contributed by atoms with E-state index in [9.17, 15) is 0 Å². The third kappa shape index (κ3) is 2.64. The number of rotatable bonds is 2. The van der Waals surface area contributed by atoms with Crippen LogP contribution in [0.15, 0.2) is 22.4 Å². The summed E-state index contributed by atoms with van der Waals surface area (Å²) in [5.74, 6) is 0. The molecule has 0 saturated carbocycles. The van der Waals surface area contributed by atoms with Crippen LogP contribution in [-0.2, 0) is 0 Å². The van der Waals surface area contributed by atoms with Crippen LogP contribution in [0.4, 0.5) is 0 Å². The zero-order valence-corrected chi connectivity index (χ0v) is 12.1. The summed E-state index contributed by atoms with van der Waals surface area (Å²) < 4.78 is 0. The molecule has 0 aliphatic carbocycles. The fourth-order valence-electron chi connectivity index (χ4n) is 3.15. The van der Waals surface area contributed by atoms with Crippen molar-refractivity contribution in [1.29, 1.82) is 0 Å². The molecule has 1 rings (SSSR count). The Bertz CT molecular complexity index is 296. The van der Waals surface area contributed by atoms with Crippen molar-refractivity contribution in [2.24, 2.45) is 5.41 Å². The summed E-state index contributed by atoms with van der Waals surface area (Å²) in [4.78, 5) is 0. The van der Waals surface area contributed by atoms with Gasteiger partial charge in [-0.1, -0.05) is 54.3 Å². The number of allylic oxidation sites excluding steroid dienone is 3. The molecule has 0 radical (unpaired) electrons. The molecule has 0 saturated heterocycles. The van der Waals surface area contributed by atoms with Crippen molar-refractivity contribution in [2.75, 3.05) is 0 Å². The van der Waals surface area contributed by atoms with Gasteiger partial charge in [0, 0.05) is 0 Å². The van der Waals surface area contributed by atoms with E-state index in [-0.39, 0.29) is 0 Å². The van der Waals surface area contributed by atoms with Gasteiger partial charge in [0.25, 0.3) is 0 Å². The van der Waals surface area contributed by atoms with Crippen LogP contribution in [-0.4, -0.2) is 13.4 Å². The van der Waals surface area contributed by atoms with Gasteiger partial charge in [-0.3, -0.25) is 0 Å². The van der Waals surface area contributed by atoms with Gasteiger partial charge in [0.1, 0.15) is 0 Å². The predicted molar refractivity (Wildman–Crippen MR) is 78.4 cm³/mol. The lowest BCUT2D eigenvalue weighted by molar-refractivity contribution is 0.544. The summed E-state index contributed by atoms with van der Waals surface area (Å²) in [5, 5.41) is 1.65. The van der Waals surface area contributed by atoms with Crippen LogP contribution in [0, 0.1) is 5.41 Å². The van der Waals surface area contributed by atoms with E-state index in [0.29, 0.717) is 18.8 Å². The van der Waals surface area contributed by atoms with Crippen molar-refractivity contribution in [2.45, 2.75) is 61.1 Å². The van der Waals surface area contributed by atoms with Gasteiger partial charge in [-0.05, 0) is 18.3 Å². The lowest BCUT2D eigenvalue weighted by Crippen LogP contribution is -2.20.